The Labute approximate surface area is 156 Å². The van der Waals surface area contributed by atoms with Crippen LogP contribution in [0.3, 0.4) is 0 Å². The van der Waals surface area contributed by atoms with Gasteiger partial charge in [0.25, 0.3) is 10.0 Å². The van der Waals surface area contributed by atoms with E-state index in [4.69, 9.17) is 16.3 Å². The van der Waals surface area contributed by atoms with Crippen LogP contribution in [0.1, 0.15) is 0 Å². The molecule has 0 atom stereocenters. The van der Waals surface area contributed by atoms with Gasteiger partial charge in [0.15, 0.2) is 5.82 Å². The first-order valence-corrected chi connectivity index (χ1v) is 13.2. The van der Waals surface area contributed by atoms with E-state index in [0.29, 0.717) is 12.7 Å². The van der Waals surface area contributed by atoms with Gasteiger partial charge in [-0.3, -0.25) is 0 Å². The van der Waals surface area contributed by atoms with E-state index in [0.717, 1.165) is 16.4 Å². The topological polar surface area (TPSA) is 72.6 Å². The van der Waals surface area contributed by atoms with Crippen LogP contribution in [0, 0.1) is 11.6 Å². The third-order valence-electron chi connectivity index (χ3n) is 3.43. The Morgan fingerprint density at radius 3 is 2.54 bits per heavy atom. The van der Waals surface area contributed by atoms with E-state index in [9.17, 15) is 17.2 Å². The van der Waals surface area contributed by atoms with Crippen LogP contribution in [0.15, 0.2) is 33.9 Å². The van der Waals surface area contributed by atoms with Gasteiger partial charge in [-0.25, -0.2) is 21.5 Å². The van der Waals surface area contributed by atoms with E-state index < -0.39 is 46.4 Å². The highest BCUT2D eigenvalue weighted by Gasteiger charge is 2.31. The summed E-state index contributed by atoms with van der Waals surface area (Å²) < 4.78 is 64.0. The lowest BCUT2D eigenvalue weighted by molar-refractivity contribution is 0.155. The minimum atomic E-state index is -4.44. The summed E-state index contributed by atoms with van der Waals surface area (Å²) in [5, 5.41) is 3.07. The highest BCUT2D eigenvalue weighted by Crippen LogP contribution is 2.28. The average molecular weight is 425 g/mol. The van der Waals surface area contributed by atoms with Gasteiger partial charge in [-0.1, -0.05) is 36.4 Å². The fraction of sp³-hybridized carbons (Fsp3) is 0.400. The van der Waals surface area contributed by atoms with Crippen LogP contribution >= 0.6 is 11.6 Å². The van der Waals surface area contributed by atoms with Crippen LogP contribution in [0.25, 0.3) is 0 Å². The van der Waals surface area contributed by atoms with Crippen molar-refractivity contribution < 1.29 is 26.5 Å². The molecule has 0 aliphatic rings. The smallest absolute Gasteiger partial charge is 0.270 e. The second-order valence-corrected chi connectivity index (χ2v) is 14.6. The SMILES string of the molecule is C[Si](C)(C)CCOCN(c1ccon1)S(=O)(=O)c1cc(Cl)c(F)cc1F. The molecular weight excluding hydrogens is 406 g/mol. The van der Waals surface area contributed by atoms with Gasteiger partial charge < -0.3 is 9.26 Å². The van der Waals surface area contributed by atoms with E-state index >= 15 is 0 Å². The van der Waals surface area contributed by atoms with Gasteiger partial charge >= 0.3 is 0 Å². The number of ether oxygens (including phenoxy) is 1. The Balaban J connectivity index is 2.31. The van der Waals surface area contributed by atoms with Gasteiger partial charge in [0.1, 0.15) is 29.5 Å². The van der Waals surface area contributed by atoms with Crippen molar-refractivity contribution in [2.24, 2.45) is 0 Å². The van der Waals surface area contributed by atoms with Gasteiger partial charge in [0.2, 0.25) is 0 Å². The summed E-state index contributed by atoms with van der Waals surface area (Å²) in [4.78, 5) is -0.777. The van der Waals surface area contributed by atoms with E-state index in [1.165, 1.54) is 12.3 Å². The highest BCUT2D eigenvalue weighted by atomic mass is 35.5. The van der Waals surface area contributed by atoms with Crippen molar-refractivity contribution in [3.63, 3.8) is 0 Å². The molecule has 0 radical (unpaired) electrons. The standard InChI is InChI=1S/C15H19ClF2N2O4SSi/c1-26(2,3)7-6-23-10-20(15-4-5-24-19-15)25(21,22)14-8-11(16)12(17)9-13(14)18/h4-5,8-9H,6-7,10H2,1-3H3. The van der Waals surface area contributed by atoms with Crippen LogP contribution < -0.4 is 4.31 Å². The van der Waals surface area contributed by atoms with E-state index in [2.05, 4.69) is 29.3 Å². The summed E-state index contributed by atoms with van der Waals surface area (Å²) in [6, 6.07) is 3.25. The van der Waals surface area contributed by atoms with Crippen LogP contribution in [-0.2, 0) is 14.8 Å². The maximum absolute atomic E-state index is 14.1. The lowest BCUT2D eigenvalue weighted by atomic mass is 10.3. The number of halogens is 3. The van der Waals surface area contributed by atoms with Crippen molar-refractivity contribution in [2.75, 3.05) is 17.6 Å². The summed E-state index contributed by atoms with van der Waals surface area (Å²) in [5.41, 5.74) is 0. The number of rotatable bonds is 8. The normalized spacial score (nSPS) is 12.4. The third-order valence-corrected chi connectivity index (χ3v) is 7.16. The summed E-state index contributed by atoms with van der Waals surface area (Å²) in [6.45, 7) is 6.40. The summed E-state index contributed by atoms with van der Waals surface area (Å²) in [6.07, 6.45) is 1.17. The summed E-state index contributed by atoms with van der Waals surface area (Å²) in [7, 11) is -5.81. The fourth-order valence-electron chi connectivity index (χ4n) is 1.94. The average Bonchev–Trinajstić information content (AvgIpc) is 3.03. The van der Waals surface area contributed by atoms with Gasteiger partial charge in [-0.2, -0.15) is 0 Å². The Hall–Kier alpha value is -1.49. The second-order valence-electron chi connectivity index (χ2n) is 6.76. The van der Waals surface area contributed by atoms with E-state index in [1.54, 1.807) is 0 Å². The molecule has 2 aromatic rings. The first-order valence-electron chi connectivity index (χ1n) is 7.68. The number of sulfonamides is 1. The molecule has 144 valence electrons. The van der Waals surface area contributed by atoms with Crippen molar-refractivity contribution in [3.05, 3.63) is 41.1 Å². The third kappa shape index (κ3) is 5.03. The Kier molecular flexibility index (Phi) is 6.43. The maximum Gasteiger partial charge on any atom is 0.270 e. The summed E-state index contributed by atoms with van der Waals surface area (Å²) in [5.74, 6) is -2.40. The molecule has 11 heteroatoms. The molecule has 0 fully saturated rings. The van der Waals surface area contributed by atoms with Crippen LogP contribution in [-0.4, -0.2) is 35.0 Å². The molecule has 1 aromatic heterocycles. The number of aromatic nitrogens is 1. The molecule has 0 saturated heterocycles. The molecule has 0 bridgehead atoms. The van der Waals surface area contributed by atoms with Gasteiger partial charge in [-0.15, -0.1) is 0 Å². The van der Waals surface area contributed by atoms with Crippen LogP contribution in [0.4, 0.5) is 14.6 Å². The lowest BCUT2D eigenvalue weighted by Crippen LogP contribution is -2.35. The van der Waals surface area contributed by atoms with Crippen molar-refractivity contribution in [1.82, 2.24) is 5.16 Å². The molecule has 0 aliphatic carbocycles. The second kappa shape index (κ2) is 8.03. The first kappa shape index (κ1) is 20.8. The quantitative estimate of drug-likeness (QED) is 0.276. The molecule has 0 unspecified atom stereocenters. The lowest BCUT2D eigenvalue weighted by Gasteiger charge is -2.23. The number of nitrogens with zero attached hydrogens (tertiary/aromatic N) is 2. The van der Waals surface area contributed by atoms with Gasteiger partial charge in [-0.05, 0) is 12.1 Å². The molecule has 1 aromatic carbocycles. The zero-order valence-corrected chi connectivity index (χ0v) is 17.1. The molecule has 2 rings (SSSR count). The van der Waals surface area contributed by atoms with Crippen LogP contribution in [0.2, 0.25) is 30.7 Å². The van der Waals surface area contributed by atoms with Gasteiger partial charge in [0, 0.05) is 26.8 Å². The predicted molar refractivity (Wildman–Crippen MR) is 96.5 cm³/mol. The minimum absolute atomic E-state index is 0.0853. The first-order chi connectivity index (χ1) is 12.0. The number of hydrogen-bond acceptors (Lipinski definition) is 5. The Morgan fingerprint density at radius 2 is 1.96 bits per heavy atom. The van der Waals surface area contributed by atoms with Crippen molar-refractivity contribution in [3.8, 4) is 0 Å². The molecule has 1 heterocycles. The largest absolute Gasteiger partial charge is 0.363 e. The predicted octanol–water partition coefficient (Wildman–Crippen LogP) is 4.11. The minimum Gasteiger partial charge on any atom is -0.363 e. The molecule has 0 aliphatic heterocycles. The molecule has 0 N–H and O–H groups in total. The van der Waals surface area contributed by atoms with Crippen molar-refractivity contribution in [2.45, 2.75) is 30.6 Å². The maximum atomic E-state index is 14.1. The molecular formula is C15H19ClF2N2O4SSi. The van der Waals surface area contributed by atoms with Gasteiger partial charge in [0.05, 0.1) is 5.02 Å². The Bertz CT molecular complexity index is 857. The molecule has 0 saturated carbocycles. The summed E-state index contributed by atoms with van der Waals surface area (Å²) >= 11 is 5.61. The molecule has 0 amide bonds. The fourth-order valence-corrected chi connectivity index (χ4v) is 4.29. The van der Waals surface area contributed by atoms with E-state index in [-0.39, 0.29) is 5.82 Å². The zero-order valence-electron chi connectivity index (χ0n) is 14.5. The zero-order chi connectivity index (χ0) is 19.5. The van der Waals surface area contributed by atoms with Crippen LogP contribution in [0.5, 0.6) is 0 Å². The molecule has 6 nitrogen and oxygen atoms in total. The van der Waals surface area contributed by atoms with Crippen molar-refractivity contribution in [1.29, 1.82) is 0 Å². The number of anilines is 1. The highest BCUT2D eigenvalue weighted by molar-refractivity contribution is 7.92. The monoisotopic (exact) mass is 424 g/mol. The molecule has 0 spiro atoms. The van der Waals surface area contributed by atoms with Crippen molar-refractivity contribution >= 4 is 35.5 Å². The number of hydrogen-bond donors (Lipinski definition) is 0. The molecule has 26 heavy (non-hydrogen) atoms. The number of benzene rings is 1. The Morgan fingerprint density at radius 1 is 1.27 bits per heavy atom. The van der Waals surface area contributed by atoms with E-state index in [1.807, 2.05) is 0 Å².